The Morgan fingerprint density at radius 2 is 1.71 bits per heavy atom. The summed E-state index contributed by atoms with van der Waals surface area (Å²) in [5, 5.41) is 2.99. The first-order chi connectivity index (χ1) is 14.8. The summed E-state index contributed by atoms with van der Waals surface area (Å²) in [4.78, 5) is 11.8. The van der Waals surface area contributed by atoms with Crippen LogP contribution in [0, 0.1) is 0 Å². The second-order valence-corrected chi connectivity index (χ2v) is 9.83. The van der Waals surface area contributed by atoms with Gasteiger partial charge in [0.25, 0.3) is 0 Å². The van der Waals surface area contributed by atoms with E-state index in [9.17, 15) is 13.2 Å². The number of hydrogen-bond acceptors (Lipinski definition) is 3. The van der Waals surface area contributed by atoms with Gasteiger partial charge in [0, 0.05) is 24.2 Å². The monoisotopic (exact) mass is 434 g/mol. The molecule has 0 radical (unpaired) electrons. The third-order valence-corrected chi connectivity index (χ3v) is 6.25. The molecule has 3 aromatic carbocycles. The number of sulfonamides is 1. The standard InChI is InChI=1S/C25H26N2O3S/c1-17(28)26-25-12-6-11-22-23(25)14-13-19-8-3-4-10-21(19)24(22)16-18-7-5-9-20(15-18)27-31(2,29)30/h3-12,15,24,27H,13-14,16H2,1-2H3,(H,26,28). The van der Waals surface area contributed by atoms with Gasteiger partial charge in [0.2, 0.25) is 15.9 Å². The maximum Gasteiger partial charge on any atom is 0.229 e. The molecule has 0 fully saturated rings. The average molecular weight is 435 g/mol. The fourth-order valence-corrected chi connectivity index (χ4v) is 5.03. The van der Waals surface area contributed by atoms with Gasteiger partial charge in [-0.05, 0) is 65.3 Å². The molecule has 31 heavy (non-hydrogen) atoms. The van der Waals surface area contributed by atoms with Crippen molar-refractivity contribution >= 4 is 27.3 Å². The van der Waals surface area contributed by atoms with E-state index in [0.717, 1.165) is 36.8 Å². The highest BCUT2D eigenvalue weighted by Gasteiger charge is 2.25. The molecular formula is C25H26N2O3S. The fraction of sp³-hybridized carbons (Fsp3) is 0.240. The number of aryl methyl sites for hydroxylation is 1. The molecule has 160 valence electrons. The topological polar surface area (TPSA) is 75.3 Å². The number of carbonyl (C=O) groups excluding carboxylic acids is 1. The predicted octanol–water partition coefficient (Wildman–Crippen LogP) is 4.49. The van der Waals surface area contributed by atoms with E-state index in [2.05, 4.69) is 40.4 Å². The lowest BCUT2D eigenvalue weighted by Gasteiger charge is -2.22. The second kappa shape index (κ2) is 8.55. The highest BCUT2D eigenvalue weighted by Crippen LogP contribution is 2.39. The lowest BCUT2D eigenvalue weighted by molar-refractivity contribution is -0.114. The van der Waals surface area contributed by atoms with Crippen molar-refractivity contribution in [2.24, 2.45) is 0 Å². The first-order valence-corrected chi connectivity index (χ1v) is 12.2. The number of carbonyl (C=O) groups is 1. The minimum absolute atomic E-state index is 0.0775. The first-order valence-electron chi connectivity index (χ1n) is 10.3. The zero-order chi connectivity index (χ0) is 22.0. The molecule has 1 amide bonds. The van der Waals surface area contributed by atoms with E-state index in [1.807, 2.05) is 30.3 Å². The van der Waals surface area contributed by atoms with Crippen molar-refractivity contribution in [2.75, 3.05) is 16.3 Å². The molecule has 1 aliphatic rings. The number of rotatable bonds is 5. The Labute approximate surface area is 183 Å². The fourth-order valence-electron chi connectivity index (χ4n) is 4.48. The van der Waals surface area contributed by atoms with Crippen LogP contribution in [0.2, 0.25) is 0 Å². The van der Waals surface area contributed by atoms with Crippen molar-refractivity contribution in [2.45, 2.75) is 32.1 Å². The zero-order valence-corrected chi connectivity index (χ0v) is 18.5. The molecule has 0 saturated carbocycles. The third kappa shape index (κ3) is 4.97. The van der Waals surface area contributed by atoms with E-state index in [4.69, 9.17) is 0 Å². The van der Waals surface area contributed by atoms with E-state index < -0.39 is 10.0 Å². The number of hydrogen-bond donors (Lipinski definition) is 2. The molecule has 0 saturated heterocycles. The van der Waals surface area contributed by atoms with E-state index in [0.29, 0.717) is 5.69 Å². The van der Waals surface area contributed by atoms with Crippen LogP contribution in [-0.2, 0) is 34.1 Å². The highest BCUT2D eigenvalue weighted by atomic mass is 32.2. The van der Waals surface area contributed by atoms with Gasteiger partial charge in [-0.25, -0.2) is 8.42 Å². The van der Waals surface area contributed by atoms with Gasteiger partial charge in [-0.15, -0.1) is 0 Å². The summed E-state index contributed by atoms with van der Waals surface area (Å²) in [5.74, 6) is 0.0298. The van der Waals surface area contributed by atoms with Crippen LogP contribution in [0.1, 0.15) is 40.7 Å². The highest BCUT2D eigenvalue weighted by molar-refractivity contribution is 7.92. The molecule has 1 aliphatic carbocycles. The molecule has 6 heteroatoms. The van der Waals surface area contributed by atoms with Crippen molar-refractivity contribution in [3.63, 3.8) is 0 Å². The summed E-state index contributed by atoms with van der Waals surface area (Å²) >= 11 is 0. The predicted molar refractivity (Wildman–Crippen MR) is 125 cm³/mol. The van der Waals surface area contributed by atoms with Gasteiger partial charge < -0.3 is 5.32 Å². The van der Waals surface area contributed by atoms with Crippen molar-refractivity contribution in [3.8, 4) is 0 Å². The Kier molecular flexibility index (Phi) is 5.83. The van der Waals surface area contributed by atoms with Gasteiger partial charge in [-0.3, -0.25) is 9.52 Å². The normalized spacial score (nSPS) is 15.4. The molecule has 0 spiro atoms. The van der Waals surface area contributed by atoms with Gasteiger partial charge >= 0.3 is 0 Å². The Morgan fingerprint density at radius 3 is 2.48 bits per heavy atom. The molecule has 0 heterocycles. The van der Waals surface area contributed by atoms with Crippen LogP contribution >= 0.6 is 0 Å². The summed E-state index contributed by atoms with van der Waals surface area (Å²) in [7, 11) is -3.34. The zero-order valence-electron chi connectivity index (χ0n) is 17.7. The van der Waals surface area contributed by atoms with Crippen LogP contribution in [-0.4, -0.2) is 20.6 Å². The number of fused-ring (bicyclic) bond motifs is 2. The van der Waals surface area contributed by atoms with E-state index >= 15 is 0 Å². The molecule has 1 atom stereocenters. The van der Waals surface area contributed by atoms with Crippen molar-refractivity contribution in [3.05, 3.63) is 94.5 Å². The summed E-state index contributed by atoms with van der Waals surface area (Å²) in [6.07, 6.45) is 3.65. The van der Waals surface area contributed by atoms with Crippen LogP contribution in [0.15, 0.2) is 66.7 Å². The number of nitrogens with one attached hydrogen (secondary N) is 2. The average Bonchev–Trinajstić information content (AvgIpc) is 2.85. The Balaban J connectivity index is 1.78. The second-order valence-electron chi connectivity index (χ2n) is 8.08. The first kappa shape index (κ1) is 21.1. The van der Waals surface area contributed by atoms with Gasteiger partial charge in [0.1, 0.15) is 0 Å². The van der Waals surface area contributed by atoms with Crippen LogP contribution in [0.25, 0.3) is 0 Å². The molecule has 0 aliphatic heterocycles. The molecule has 5 nitrogen and oxygen atoms in total. The van der Waals surface area contributed by atoms with E-state index in [-0.39, 0.29) is 11.8 Å². The minimum Gasteiger partial charge on any atom is -0.326 e. The molecule has 1 unspecified atom stereocenters. The summed E-state index contributed by atoms with van der Waals surface area (Å²) in [6.45, 7) is 1.53. The molecule has 2 N–H and O–H groups in total. The molecular weight excluding hydrogens is 408 g/mol. The number of amides is 1. The maximum absolute atomic E-state index is 11.8. The smallest absolute Gasteiger partial charge is 0.229 e. The summed E-state index contributed by atoms with van der Waals surface area (Å²) < 4.78 is 25.9. The van der Waals surface area contributed by atoms with Gasteiger partial charge in [0.05, 0.1) is 6.26 Å². The minimum atomic E-state index is -3.34. The molecule has 0 aromatic heterocycles. The van der Waals surface area contributed by atoms with Gasteiger partial charge in [0.15, 0.2) is 0 Å². The van der Waals surface area contributed by atoms with E-state index in [1.165, 1.54) is 29.2 Å². The molecule has 4 rings (SSSR count). The van der Waals surface area contributed by atoms with Gasteiger partial charge in [-0.1, -0.05) is 48.5 Å². The molecule has 0 bridgehead atoms. The van der Waals surface area contributed by atoms with Crippen molar-refractivity contribution in [1.82, 2.24) is 0 Å². The van der Waals surface area contributed by atoms with Crippen LogP contribution in [0.4, 0.5) is 11.4 Å². The van der Waals surface area contributed by atoms with Crippen molar-refractivity contribution < 1.29 is 13.2 Å². The molecule has 3 aromatic rings. The Morgan fingerprint density at radius 1 is 0.968 bits per heavy atom. The SMILES string of the molecule is CC(=O)Nc1cccc2c1CCc1ccccc1C2Cc1cccc(NS(C)(=O)=O)c1. The Bertz CT molecular complexity index is 1240. The van der Waals surface area contributed by atoms with Crippen molar-refractivity contribution in [1.29, 1.82) is 0 Å². The van der Waals surface area contributed by atoms with Crippen LogP contribution in [0.5, 0.6) is 0 Å². The number of benzene rings is 3. The maximum atomic E-state index is 11.8. The summed E-state index contributed by atoms with van der Waals surface area (Å²) in [6, 6.07) is 22.1. The largest absolute Gasteiger partial charge is 0.326 e. The number of anilines is 2. The van der Waals surface area contributed by atoms with Crippen LogP contribution < -0.4 is 10.0 Å². The van der Waals surface area contributed by atoms with Crippen LogP contribution in [0.3, 0.4) is 0 Å². The lowest BCUT2D eigenvalue weighted by Crippen LogP contribution is -2.12. The third-order valence-electron chi connectivity index (χ3n) is 5.64. The van der Waals surface area contributed by atoms with E-state index in [1.54, 1.807) is 6.07 Å². The summed E-state index contributed by atoms with van der Waals surface area (Å²) in [5.41, 5.74) is 7.45. The van der Waals surface area contributed by atoms with Gasteiger partial charge in [-0.2, -0.15) is 0 Å². The Hall–Kier alpha value is -3.12. The quantitative estimate of drug-likeness (QED) is 0.621. The lowest BCUT2D eigenvalue weighted by atomic mass is 9.83.